The van der Waals surface area contributed by atoms with Gasteiger partial charge in [-0.3, -0.25) is 4.79 Å². The van der Waals surface area contributed by atoms with Gasteiger partial charge in [-0.2, -0.15) is 0 Å². The molecule has 0 aliphatic rings. The van der Waals surface area contributed by atoms with Crippen molar-refractivity contribution in [3.8, 4) is 11.1 Å². The van der Waals surface area contributed by atoms with Crippen LogP contribution in [0.25, 0.3) is 11.1 Å². The van der Waals surface area contributed by atoms with Gasteiger partial charge in [0.05, 0.1) is 0 Å². The average Bonchev–Trinajstić information content (AvgIpc) is 2.22. The summed E-state index contributed by atoms with van der Waals surface area (Å²) in [7, 11) is 0. The van der Waals surface area contributed by atoms with Crippen molar-refractivity contribution < 1.29 is 0 Å². The first kappa shape index (κ1) is 10.2. The molecule has 15 heavy (non-hydrogen) atoms. The van der Waals surface area contributed by atoms with Crippen molar-refractivity contribution in [1.82, 2.24) is 4.98 Å². The molecule has 0 radical (unpaired) electrons. The van der Waals surface area contributed by atoms with E-state index in [0.717, 1.165) is 21.2 Å². The fourth-order valence-corrected chi connectivity index (χ4v) is 1.83. The van der Waals surface area contributed by atoms with Gasteiger partial charge in [-0.05, 0) is 36.2 Å². The number of benzene rings is 1. The highest BCUT2D eigenvalue weighted by molar-refractivity contribution is 9.10. The molecule has 3 heteroatoms. The van der Waals surface area contributed by atoms with Gasteiger partial charge in [0.15, 0.2) is 0 Å². The summed E-state index contributed by atoms with van der Waals surface area (Å²) in [6.07, 6.45) is 1.73. The van der Waals surface area contributed by atoms with Gasteiger partial charge >= 0.3 is 0 Å². The molecule has 0 aliphatic carbocycles. The normalized spacial score (nSPS) is 10.3. The Bertz CT molecular complexity index is 545. The predicted octanol–water partition coefficient (Wildman–Crippen LogP) is 3.11. The fourth-order valence-electron chi connectivity index (χ4n) is 1.43. The van der Waals surface area contributed by atoms with E-state index in [2.05, 4.69) is 20.9 Å². The van der Waals surface area contributed by atoms with Crippen molar-refractivity contribution in [3.63, 3.8) is 0 Å². The van der Waals surface area contributed by atoms with Crippen LogP contribution in [0.5, 0.6) is 0 Å². The van der Waals surface area contributed by atoms with Gasteiger partial charge in [0.25, 0.3) is 5.56 Å². The van der Waals surface area contributed by atoms with Crippen molar-refractivity contribution >= 4 is 15.9 Å². The number of halogens is 1. The summed E-state index contributed by atoms with van der Waals surface area (Å²) < 4.78 is 1.03. The Morgan fingerprint density at radius 1 is 1.20 bits per heavy atom. The van der Waals surface area contributed by atoms with Gasteiger partial charge in [-0.25, -0.2) is 0 Å². The first-order valence-corrected chi connectivity index (χ1v) is 5.41. The highest BCUT2D eigenvalue weighted by Gasteiger charge is 2.00. The van der Waals surface area contributed by atoms with Crippen LogP contribution in [0.2, 0.25) is 0 Å². The van der Waals surface area contributed by atoms with Crippen molar-refractivity contribution in [2.75, 3.05) is 0 Å². The van der Waals surface area contributed by atoms with E-state index in [1.165, 1.54) is 0 Å². The first-order chi connectivity index (χ1) is 7.16. The lowest BCUT2D eigenvalue weighted by Gasteiger charge is -2.02. The van der Waals surface area contributed by atoms with Crippen LogP contribution >= 0.6 is 15.9 Å². The van der Waals surface area contributed by atoms with Gasteiger partial charge in [0.1, 0.15) is 0 Å². The summed E-state index contributed by atoms with van der Waals surface area (Å²) in [4.78, 5) is 13.9. The maximum Gasteiger partial charge on any atom is 0.250 e. The zero-order chi connectivity index (χ0) is 10.8. The lowest BCUT2D eigenvalue weighted by atomic mass is 10.1. The van der Waals surface area contributed by atoms with E-state index < -0.39 is 0 Å². The molecule has 1 heterocycles. The molecule has 0 fully saturated rings. The number of aromatic nitrogens is 1. The summed E-state index contributed by atoms with van der Waals surface area (Å²) in [5.41, 5.74) is 2.80. The molecule has 0 bridgehead atoms. The minimum atomic E-state index is -0.0336. The van der Waals surface area contributed by atoms with Crippen molar-refractivity contribution in [2.24, 2.45) is 0 Å². The second-order valence-corrected chi connectivity index (χ2v) is 4.33. The predicted molar refractivity (Wildman–Crippen MR) is 64.9 cm³/mol. The standard InChI is InChI=1S/C12H10BrNO/c1-8-5-10(7-14-12(8)15)9-3-2-4-11(13)6-9/h2-7H,1H3,(H,14,15). The first-order valence-electron chi connectivity index (χ1n) is 4.62. The van der Waals surface area contributed by atoms with Crippen LogP contribution in [0.1, 0.15) is 5.56 Å². The summed E-state index contributed by atoms with van der Waals surface area (Å²) in [5, 5.41) is 0. The van der Waals surface area contributed by atoms with Gasteiger partial charge in [0.2, 0.25) is 0 Å². The molecule has 2 aromatic rings. The number of nitrogens with one attached hydrogen (secondary N) is 1. The third-order valence-corrected chi connectivity index (χ3v) is 2.74. The molecule has 1 N–H and O–H groups in total. The van der Waals surface area contributed by atoms with Gasteiger partial charge < -0.3 is 4.98 Å². The highest BCUT2D eigenvalue weighted by atomic mass is 79.9. The number of H-pyrrole nitrogens is 1. The molecule has 0 aliphatic heterocycles. The summed E-state index contributed by atoms with van der Waals surface area (Å²) >= 11 is 3.42. The fraction of sp³-hybridized carbons (Fsp3) is 0.0833. The van der Waals surface area contributed by atoms with Crippen LogP contribution in [0.4, 0.5) is 0 Å². The smallest absolute Gasteiger partial charge is 0.250 e. The molecule has 0 saturated carbocycles. The number of aromatic amines is 1. The van der Waals surface area contributed by atoms with Crippen molar-refractivity contribution in [3.05, 3.63) is 56.9 Å². The SMILES string of the molecule is Cc1cc(-c2cccc(Br)c2)c[nH]c1=O. The van der Waals surface area contributed by atoms with E-state index in [0.29, 0.717) is 0 Å². The Kier molecular flexibility index (Phi) is 2.73. The number of hydrogen-bond donors (Lipinski definition) is 1. The zero-order valence-corrected chi connectivity index (χ0v) is 9.84. The second-order valence-electron chi connectivity index (χ2n) is 3.41. The van der Waals surface area contributed by atoms with Crippen molar-refractivity contribution in [1.29, 1.82) is 0 Å². The maximum absolute atomic E-state index is 11.2. The summed E-state index contributed by atoms with van der Waals surface area (Å²) in [6.45, 7) is 1.81. The van der Waals surface area contributed by atoms with E-state index >= 15 is 0 Å². The topological polar surface area (TPSA) is 32.9 Å². The minimum absolute atomic E-state index is 0.0336. The molecule has 0 unspecified atom stereocenters. The Balaban J connectivity index is 2.55. The third kappa shape index (κ3) is 2.18. The molecule has 1 aromatic heterocycles. The maximum atomic E-state index is 11.2. The number of aryl methyl sites for hydroxylation is 1. The highest BCUT2D eigenvalue weighted by Crippen LogP contribution is 2.21. The Morgan fingerprint density at radius 3 is 2.67 bits per heavy atom. The van der Waals surface area contributed by atoms with E-state index in [1.807, 2.05) is 30.3 Å². The molecule has 0 spiro atoms. The van der Waals surface area contributed by atoms with Crippen LogP contribution in [0, 0.1) is 6.92 Å². The van der Waals surface area contributed by atoms with Crippen LogP contribution < -0.4 is 5.56 Å². The Labute approximate surface area is 96.1 Å². The molecule has 2 rings (SSSR count). The molecule has 2 nitrogen and oxygen atoms in total. The number of pyridine rings is 1. The lowest BCUT2D eigenvalue weighted by Crippen LogP contribution is -2.07. The molecule has 76 valence electrons. The number of rotatable bonds is 1. The zero-order valence-electron chi connectivity index (χ0n) is 8.25. The molecular formula is C12H10BrNO. The Hall–Kier alpha value is -1.35. The monoisotopic (exact) mass is 263 g/mol. The van der Waals surface area contributed by atoms with Gasteiger partial charge in [-0.15, -0.1) is 0 Å². The van der Waals surface area contributed by atoms with E-state index in [4.69, 9.17) is 0 Å². The average molecular weight is 264 g/mol. The van der Waals surface area contributed by atoms with Gasteiger partial charge in [-0.1, -0.05) is 28.1 Å². The molecular weight excluding hydrogens is 254 g/mol. The Morgan fingerprint density at radius 2 is 2.00 bits per heavy atom. The summed E-state index contributed by atoms with van der Waals surface area (Å²) in [6, 6.07) is 9.87. The van der Waals surface area contributed by atoms with Crippen molar-refractivity contribution in [2.45, 2.75) is 6.92 Å². The van der Waals surface area contributed by atoms with Crippen LogP contribution in [-0.4, -0.2) is 4.98 Å². The third-order valence-electron chi connectivity index (χ3n) is 2.25. The number of hydrogen-bond acceptors (Lipinski definition) is 1. The van der Waals surface area contributed by atoms with E-state index in [1.54, 1.807) is 13.1 Å². The second kappa shape index (κ2) is 4.03. The molecule has 0 atom stereocenters. The van der Waals surface area contributed by atoms with E-state index in [9.17, 15) is 4.79 Å². The van der Waals surface area contributed by atoms with Crippen LogP contribution in [0.15, 0.2) is 45.8 Å². The summed E-state index contributed by atoms with van der Waals surface area (Å²) in [5.74, 6) is 0. The van der Waals surface area contributed by atoms with Crippen LogP contribution in [-0.2, 0) is 0 Å². The largest absolute Gasteiger partial charge is 0.328 e. The molecule has 0 amide bonds. The quantitative estimate of drug-likeness (QED) is 0.843. The minimum Gasteiger partial charge on any atom is -0.328 e. The molecule has 1 aromatic carbocycles. The molecule has 0 saturated heterocycles. The van der Waals surface area contributed by atoms with Crippen LogP contribution in [0.3, 0.4) is 0 Å². The van der Waals surface area contributed by atoms with E-state index in [-0.39, 0.29) is 5.56 Å². The van der Waals surface area contributed by atoms with Gasteiger partial charge in [0, 0.05) is 16.2 Å². The lowest BCUT2D eigenvalue weighted by molar-refractivity contribution is 1.18.